The van der Waals surface area contributed by atoms with Crippen molar-refractivity contribution in [1.82, 2.24) is 10.4 Å². The van der Waals surface area contributed by atoms with Gasteiger partial charge >= 0.3 is 0 Å². The average Bonchev–Trinajstić information content (AvgIpc) is 3.09. The number of amides is 1. The van der Waals surface area contributed by atoms with Crippen LogP contribution in [0.25, 0.3) is 11.1 Å². The number of carbonyl (C=O) groups excluding carboxylic acids is 1. The normalized spacial score (nSPS) is 11.0. The average molecular weight is 371 g/mol. The molecule has 0 atom stereocenters. The number of nitrogens with zero attached hydrogens (tertiary/aromatic N) is 2. The lowest BCUT2D eigenvalue weighted by Gasteiger charge is -2.09. The monoisotopic (exact) mass is 371 g/mol. The molecular formula is C18H17N3O4S. The first-order valence-corrected chi connectivity index (χ1v) is 8.71. The number of ether oxygens (including phenoxy) is 2. The summed E-state index contributed by atoms with van der Waals surface area (Å²) in [5, 5.41) is 4.40. The molecule has 0 saturated carbocycles. The number of carbonyl (C=O) groups is 1. The van der Waals surface area contributed by atoms with Gasteiger partial charge in [0.05, 0.1) is 26.2 Å². The lowest BCUT2D eigenvalue weighted by Crippen LogP contribution is -2.19. The van der Waals surface area contributed by atoms with E-state index in [0.29, 0.717) is 27.9 Å². The van der Waals surface area contributed by atoms with Crippen LogP contribution in [0.1, 0.15) is 5.56 Å². The summed E-state index contributed by atoms with van der Waals surface area (Å²) in [5.41, 5.74) is 4.62. The van der Waals surface area contributed by atoms with E-state index in [0.717, 1.165) is 5.52 Å². The number of benzene rings is 2. The molecule has 0 unspecified atom stereocenters. The standard InChI is InChI=1S/C18H17N3O4S/c1-23-15-9-5-6-12(17(15)24-2)10-19-21-16(22)11-26-18-20-13-7-3-4-8-14(13)25-18/h3-10H,11H2,1-2H3,(H,21,22)/b19-10-. The van der Waals surface area contributed by atoms with Crippen molar-refractivity contribution in [3.63, 3.8) is 0 Å². The van der Waals surface area contributed by atoms with Crippen molar-refractivity contribution >= 4 is 35.0 Å². The minimum absolute atomic E-state index is 0.138. The fraction of sp³-hybridized carbons (Fsp3) is 0.167. The number of nitrogens with one attached hydrogen (secondary N) is 1. The molecule has 1 aromatic heterocycles. The smallest absolute Gasteiger partial charge is 0.257 e. The number of hydrogen-bond acceptors (Lipinski definition) is 7. The Labute approximate surface area is 154 Å². The second kappa shape index (κ2) is 8.39. The summed E-state index contributed by atoms with van der Waals surface area (Å²) in [6, 6.07) is 12.8. The molecule has 1 amide bonds. The van der Waals surface area contributed by atoms with Gasteiger partial charge in [0.1, 0.15) is 5.52 Å². The molecule has 8 heteroatoms. The number of thioether (sulfide) groups is 1. The quantitative estimate of drug-likeness (QED) is 0.390. The molecule has 1 heterocycles. The number of aromatic nitrogens is 1. The maximum Gasteiger partial charge on any atom is 0.257 e. The number of fused-ring (bicyclic) bond motifs is 1. The zero-order chi connectivity index (χ0) is 18.4. The molecule has 0 bridgehead atoms. The van der Waals surface area contributed by atoms with Gasteiger partial charge in [0, 0.05) is 5.56 Å². The molecule has 3 aromatic rings. The summed E-state index contributed by atoms with van der Waals surface area (Å²) in [5.74, 6) is 1.01. The van der Waals surface area contributed by atoms with E-state index in [-0.39, 0.29) is 11.7 Å². The van der Waals surface area contributed by atoms with Gasteiger partial charge < -0.3 is 13.9 Å². The molecule has 134 valence electrons. The molecule has 1 N–H and O–H groups in total. The van der Waals surface area contributed by atoms with Crippen molar-refractivity contribution in [3.8, 4) is 11.5 Å². The van der Waals surface area contributed by atoms with Gasteiger partial charge in [-0.1, -0.05) is 30.0 Å². The molecule has 26 heavy (non-hydrogen) atoms. The van der Waals surface area contributed by atoms with Gasteiger partial charge in [0.25, 0.3) is 11.1 Å². The van der Waals surface area contributed by atoms with Crippen LogP contribution in [0.5, 0.6) is 11.5 Å². The van der Waals surface area contributed by atoms with Crippen LogP contribution >= 0.6 is 11.8 Å². The van der Waals surface area contributed by atoms with Crippen molar-refractivity contribution in [2.75, 3.05) is 20.0 Å². The van der Waals surface area contributed by atoms with Crippen LogP contribution < -0.4 is 14.9 Å². The molecule has 0 aliphatic rings. The van der Waals surface area contributed by atoms with Crippen molar-refractivity contribution in [3.05, 3.63) is 48.0 Å². The Kier molecular flexibility index (Phi) is 5.75. The summed E-state index contributed by atoms with van der Waals surface area (Å²) in [7, 11) is 3.11. The van der Waals surface area contributed by atoms with Crippen molar-refractivity contribution in [2.45, 2.75) is 5.22 Å². The number of rotatable bonds is 7. The van der Waals surface area contributed by atoms with Crippen molar-refractivity contribution < 1.29 is 18.7 Å². The molecule has 0 spiro atoms. The number of methoxy groups -OCH3 is 2. The Morgan fingerprint density at radius 3 is 2.85 bits per heavy atom. The summed E-state index contributed by atoms with van der Waals surface area (Å²) in [6.07, 6.45) is 1.50. The molecule has 0 saturated heterocycles. The summed E-state index contributed by atoms with van der Waals surface area (Å²) >= 11 is 1.21. The lowest BCUT2D eigenvalue weighted by molar-refractivity contribution is -0.118. The number of hydrazone groups is 1. The van der Waals surface area contributed by atoms with Gasteiger partial charge in [0.2, 0.25) is 0 Å². The second-order valence-corrected chi connectivity index (χ2v) is 6.04. The van der Waals surface area contributed by atoms with E-state index in [1.807, 2.05) is 36.4 Å². The van der Waals surface area contributed by atoms with E-state index in [9.17, 15) is 4.79 Å². The highest BCUT2D eigenvalue weighted by Crippen LogP contribution is 2.29. The molecule has 3 rings (SSSR count). The van der Waals surface area contributed by atoms with Gasteiger partial charge in [-0.05, 0) is 24.3 Å². The minimum Gasteiger partial charge on any atom is -0.493 e. The number of para-hydroxylation sites is 3. The largest absolute Gasteiger partial charge is 0.493 e. The molecular weight excluding hydrogens is 354 g/mol. The van der Waals surface area contributed by atoms with Gasteiger partial charge in [-0.3, -0.25) is 4.79 Å². The van der Waals surface area contributed by atoms with Gasteiger partial charge in [0.15, 0.2) is 17.1 Å². The van der Waals surface area contributed by atoms with Crippen LogP contribution in [-0.4, -0.2) is 37.1 Å². The van der Waals surface area contributed by atoms with Crippen LogP contribution in [0.15, 0.2) is 57.2 Å². The van der Waals surface area contributed by atoms with Crippen molar-refractivity contribution in [2.24, 2.45) is 5.10 Å². The van der Waals surface area contributed by atoms with E-state index in [2.05, 4.69) is 15.5 Å². The highest BCUT2D eigenvalue weighted by atomic mass is 32.2. The number of hydrogen-bond donors (Lipinski definition) is 1. The third-order valence-electron chi connectivity index (χ3n) is 3.43. The molecule has 0 radical (unpaired) electrons. The Hall–Kier alpha value is -3.00. The highest BCUT2D eigenvalue weighted by Gasteiger charge is 2.09. The molecule has 7 nitrogen and oxygen atoms in total. The fourth-order valence-corrected chi connectivity index (χ4v) is 2.89. The van der Waals surface area contributed by atoms with Crippen LogP contribution in [0.2, 0.25) is 0 Å². The summed E-state index contributed by atoms with van der Waals surface area (Å²) in [4.78, 5) is 16.2. The third kappa shape index (κ3) is 4.15. The highest BCUT2D eigenvalue weighted by molar-refractivity contribution is 7.99. The third-order valence-corrected chi connectivity index (χ3v) is 4.26. The van der Waals surface area contributed by atoms with E-state index < -0.39 is 0 Å². The Balaban J connectivity index is 1.56. The predicted octanol–water partition coefficient (Wildman–Crippen LogP) is 3.09. The zero-order valence-corrected chi connectivity index (χ0v) is 15.1. The Morgan fingerprint density at radius 1 is 1.23 bits per heavy atom. The predicted molar refractivity (Wildman–Crippen MR) is 100 cm³/mol. The first-order valence-electron chi connectivity index (χ1n) is 7.72. The van der Waals surface area contributed by atoms with Gasteiger partial charge in [-0.25, -0.2) is 10.4 Å². The van der Waals surface area contributed by atoms with E-state index in [4.69, 9.17) is 13.9 Å². The Bertz CT molecular complexity index is 906. The topological polar surface area (TPSA) is 86.0 Å². The van der Waals surface area contributed by atoms with E-state index in [1.54, 1.807) is 20.3 Å². The van der Waals surface area contributed by atoms with Crippen LogP contribution in [0.3, 0.4) is 0 Å². The lowest BCUT2D eigenvalue weighted by atomic mass is 10.2. The maximum atomic E-state index is 11.9. The van der Waals surface area contributed by atoms with Crippen molar-refractivity contribution in [1.29, 1.82) is 0 Å². The first kappa shape index (κ1) is 17.8. The minimum atomic E-state index is -0.268. The van der Waals surface area contributed by atoms with Gasteiger partial charge in [-0.15, -0.1) is 0 Å². The molecule has 0 aliphatic heterocycles. The Morgan fingerprint density at radius 2 is 2.08 bits per heavy atom. The molecule has 0 fully saturated rings. The van der Waals surface area contributed by atoms with Crippen LogP contribution in [0.4, 0.5) is 0 Å². The number of oxazole rings is 1. The van der Waals surface area contributed by atoms with Crippen LogP contribution in [0, 0.1) is 0 Å². The second-order valence-electron chi connectivity index (χ2n) is 5.11. The molecule has 2 aromatic carbocycles. The van der Waals surface area contributed by atoms with Gasteiger partial charge in [-0.2, -0.15) is 5.10 Å². The zero-order valence-electron chi connectivity index (χ0n) is 14.3. The summed E-state index contributed by atoms with van der Waals surface area (Å²) in [6.45, 7) is 0. The van der Waals surface area contributed by atoms with Crippen LogP contribution in [-0.2, 0) is 4.79 Å². The molecule has 0 aliphatic carbocycles. The summed E-state index contributed by atoms with van der Waals surface area (Å²) < 4.78 is 16.1. The van der Waals surface area contributed by atoms with E-state index in [1.165, 1.54) is 18.0 Å². The SMILES string of the molecule is COc1cccc(/C=N\NC(=O)CSc2nc3ccccc3o2)c1OC. The first-order chi connectivity index (χ1) is 12.7. The fourth-order valence-electron chi connectivity index (χ4n) is 2.26. The van der Waals surface area contributed by atoms with E-state index >= 15 is 0 Å². The maximum absolute atomic E-state index is 11.9.